The van der Waals surface area contributed by atoms with Crippen molar-refractivity contribution in [1.82, 2.24) is 0 Å². The minimum Gasteiger partial charge on any atom is -0.520 e. The Labute approximate surface area is 156 Å². The molecule has 0 bridgehead atoms. The second-order valence-corrected chi connectivity index (χ2v) is 10.5. The number of unbranched alkanes of at least 4 members (excludes halogenated alkanes) is 9. The average molecular weight is 367 g/mol. The summed E-state index contributed by atoms with van der Waals surface area (Å²) in [6.45, 7) is 7.29. The molecule has 1 rings (SSSR count). The number of benzene rings is 1. The lowest BCUT2D eigenvalue weighted by Gasteiger charge is -2.24. The Morgan fingerprint density at radius 1 is 0.720 bits per heavy atom. The van der Waals surface area contributed by atoms with Gasteiger partial charge in [-0.1, -0.05) is 64.7 Å². The van der Waals surface area contributed by atoms with Crippen molar-refractivity contribution in [3.8, 4) is 11.5 Å². The fourth-order valence-corrected chi connectivity index (χ4v) is 4.26. The minimum atomic E-state index is -2.11. The van der Waals surface area contributed by atoms with Gasteiger partial charge in [0.1, 0.15) is 11.5 Å². The highest BCUT2D eigenvalue weighted by molar-refractivity contribution is 6.65. The summed E-state index contributed by atoms with van der Waals surface area (Å²) < 4.78 is 17.3. The van der Waals surface area contributed by atoms with Gasteiger partial charge in [0.2, 0.25) is 0 Å². The van der Waals surface area contributed by atoms with Gasteiger partial charge >= 0.3 is 8.56 Å². The number of rotatable bonds is 15. The summed E-state index contributed by atoms with van der Waals surface area (Å²) in [5.41, 5.74) is 0. The summed E-state index contributed by atoms with van der Waals surface area (Å²) in [4.78, 5) is 0. The Bertz CT molecular complexity index is 431. The molecule has 0 aromatic heterocycles. The van der Waals surface area contributed by atoms with Crippen LogP contribution in [0.1, 0.15) is 71.1 Å². The highest BCUT2D eigenvalue weighted by atomic mass is 28.4. The topological polar surface area (TPSA) is 27.7 Å². The highest BCUT2D eigenvalue weighted by Gasteiger charge is 2.26. The fraction of sp³-hybridized carbons (Fsp3) is 0.714. The quantitative estimate of drug-likeness (QED) is 0.255. The van der Waals surface area contributed by atoms with E-state index >= 15 is 0 Å². The molecule has 0 saturated carbocycles. The van der Waals surface area contributed by atoms with E-state index in [2.05, 4.69) is 20.0 Å². The van der Waals surface area contributed by atoms with Crippen LogP contribution in [0.2, 0.25) is 13.1 Å². The zero-order valence-corrected chi connectivity index (χ0v) is 17.8. The molecule has 0 aliphatic carbocycles. The van der Waals surface area contributed by atoms with Crippen molar-refractivity contribution in [2.75, 3.05) is 13.7 Å². The van der Waals surface area contributed by atoms with E-state index in [0.29, 0.717) is 0 Å². The Balaban J connectivity index is 2.04. The van der Waals surface area contributed by atoms with Gasteiger partial charge < -0.3 is 13.6 Å². The van der Waals surface area contributed by atoms with Crippen molar-refractivity contribution in [2.24, 2.45) is 0 Å². The zero-order valence-electron chi connectivity index (χ0n) is 16.8. The Morgan fingerprint density at radius 3 is 1.72 bits per heavy atom. The largest absolute Gasteiger partial charge is 0.520 e. The molecule has 0 atom stereocenters. The monoisotopic (exact) mass is 366 g/mol. The van der Waals surface area contributed by atoms with Crippen LogP contribution in [-0.2, 0) is 4.43 Å². The maximum Gasteiger partial charge on any atom is 0.392 e. The van der Waals surface area contributed by atoms with Gasteiger partial charge in [-0.3, -0.25) is 0 Å². The lowest BCUT2D eigenvalue weighted by atomic mass is 10.1. The molecule has 0 N–H and O–H groups in total. The van der Waals surface area contributed by atoms with E-state index in [4.69, 9.17) is 13.6 Å². The molecule has 0 amide bonds. The number of hydrogen-bond acceptors (Lipinski definition) is 3. The summed E-state index contributed by atoms with van der Waals surface area (Å²) in [6.07, 6.45) is 13.5. The predicted octanol–water partition coefficient (Wildman–Crippen LogP) is 6.71. The molecular formula is C21H38O3Si. The van der Waals surface area contributed by atoms with Crippen LogP contribution in [0.15, 0.2) is 24.3 Å². The molecule has 0 radical (unpaired) electrons. The van der Waals surface area contributed by atoms with E-state index in [0.717, 1.165) is 24.5 Å². The summed E-state index contributed by atoms with van der Waals surface area (Å²) in [5, 5.41) is 0. The number of ether oxygens (including phenoxy) is 1. The SMILES string of the molecule is CCCCCCCCCCCCO[Si](C)(C)Oc1ccc(OC)cc1. The molecular weight excluding hydrogens is 328 g/mol. The Morgan fingerprint density at radius 2 is 1.20 bits per heavy atom. The van der Waals surface area contributed by atoms with Crippen LogP contribution < -0.4 is 9.16 Å². The second kappa shape index (κ2) is 13.2. The molecule has 3 nitrogen and oxygen atoms in total. The average Bonchev–Trinajstić information content (AvgIpc) is 2.60. The number of methoxy groups -OCH3 is 1. The van der Waals surface area contributed by atoms with Crippen LogP contribution in [0.4, 0.5) is 0 Å². The maximum absolute atomic E-state index is 6.05. The van der Waals surface area contributed by atoms with E-state index in [1.807, 2.05) is 24.3 Å². The van der Waals surface area contributed by atoms with Crippen molar-refractivity contribution in [1.29, 1.82) is 0 Å². The molecule has 0 unspecified atom stereocenters. The van der Waals surface area contributed by atoms with E-state index in [1.165, 1.54) is 57.8 Å². The third-order valence-electron chi connectivity index (χ3n) is 4.37. The van der Waals surface area contributed by atoms with Crippen LogP contribution in [0.3, 0.4) is 0 Å². The first-order valence-corrected chi connectivity index (χ1v) is 12.9. The molecule has 1 aromatic rings. The summed E-state index contributed by atoms with van der Waals surface area (Å²) in [6, 6.07) is 7.72. The van der Waals surface area contributed by atoms with Gasteiger partial charge in [0.05, 0.1) is 7.11 Å². The van der Waals surface area contributed by atoms with E-state index in [-0.39, 0.29) is 0 Å². The lowest BCUT2D eigenvalue weighted by molar-refractivity contribution is 0.240. The predicted molar refractivity (Wildman–Crippen MR) is 109 cm³/mol. The van der Waals surface area contributed by atoms with Crippen LogP contribution in [0.5, 0.6) is 11.5 Å². The normalized spacial score (nSPS) is 11.5. The lowest BCUT2D eigenvalue weighted by Crippen LogP contribution is -2.38. The molecule has 0 heterocycles. The van der Waals surface area contributed by atoms with Crippen molar-refractivity contribution in [3.05, 3.63) is 24.3 Å². The third kappa shape index (κ3) is 11.3. The van der Waals surface area contributed by atoms with E-state index < -0.39 is 8.56 Å². The van der Waals surface area contributed by atoms with Crippen LogP contribution in [0, 0.1) is 0 Å². The first-order valence-electron chi connectivity index (χ1n) is 10.0. The van der Waals surface area contributed by atoms with Crippen molar-refractivity contribution in [3.63, 3.8) is 0 Å². The molecule has 25 heavy (non-hydrogen) atoms. The Hall–Kier alpha value is -1.00. The fourth-order valence-electron chi connectivity index (χ4n) is 2.86. The van der Waals surface area contributed by atoms with Gasteiger partial charge in [-0.05, 0) is 43.8 Å². The van der Waals surface area contributed by atoms with Crippen molar-refractivity contribution in [2.45, 2.75) is 84.2 Å². The van der Waals surface area contributed by atoms with Crippen LogP contribution in [-0.4, -0.2) is 22.3 Å². The highest BCUT2D eigenvalue weighted by Crippen LogP contribution is 2.21. The van der Waals surface area contributed by atoms with Crippen molar-refractivity contribution >= 4 is 8.56 Å². The Kier molecular flexibility index (Phi) is 11.7. The summed E-state index contributed by atoms with van der Waals surface area (Å²) >= 11 is 0. The number of hydrogen-bond donors (Lipinski definition) is 0. The van der Waals surface area contributed by atoms with Gasteiger partial charge in [0.15, 0.2) is 0 Å². The molecule has 1 aromatic carbocycles. The molecule has 0 spiro atoms. The first-order chi connectivity index (χ1) is 12.1. The molecule has 0 aliphatic heterocycles. The van der Waals surface area contributed by atoms with Gasteiger partial charge in [-0.15, -0.1) is 0 Å². The molecule has 0 saturated heterocycles. The molecule has 0 fully saturated rings. The first kappa shape index (κ1) is 22.0. The summed E-state index contributed by atoms with van der Waals surface area (Å²) in [7, 11) is -0.436. The van der Waals surface area contributed by atoms with Crippen molar-refractivity contribution < 1.29 is 13.6 Å². The molecule has 0 aliphatic rings. The van der Waals surface area contributed by atoms with Gasteiger partial charge in [0.25, 0.3) is 0 Å². The summed E-state index contributed by atoms with van der Waals surface area (Å²) in [5.74, 6) is 1.71. The van der Waals surface area contributed by atoms with Gasteiger partial charge in [-0.2, -0.15) is 0 Å². The second-order valence-electron chi connectivity index (χ2n) is 7.21. The van der Waals surface area contributed by atoms with Gasteiger partial charge in [0, 0.05) is 6.61 Å². The van der Waals surface area contributed by atoms with Crippen LogP contribution in [0.25, 0.3) is 0 Å². The minimum absolute atomic E-state index is 0.811. The zero-order chi connectivity index (χ0) is 18.4. The standard InChI is InChI=1S/C21H38O3Si/c1-5-6-7-8-9-10-11-12-13-14-19-23-25(3,4)24-21-17-15-20(22-2)16-18-21/h15-18H,5-14,19H2,1-4H3. The van der Waals surface area contributed by atoms with E-state index in [9.17, 15) is 0 Å². The van der Waals surface area contributed by atoms with Crippen LogP contribution >= 0.6 is 0 Å². The molecule has 4 heteroatoms. The third-order valence-corrected chi connectivity index (χ3v) is 6.00. The van der Waals surface area contributed by atoms with Gasteiger partial charge in [-0.25, -0.2) is 0 Å². The molecule has 144 valence electrons. The maximum atomic E-state index is 6.05. The van der Waals surface area contributed by atoms with E-state index in [1.54, 1.807) is 7.11 Å². The smallest absolute Gasteiger partial charge is 0.392 e.